The average Bonchev–Trinajstić information content (AvgIpc) is 3.38. The average molecular weight is 519 g/mol. The van der Waals surface area contributed by atoms with Crippen molar-refractivity contribution in [2.24, 2.45) is 0 Å². The lowest BCUT2D eigenvalue weighted by atomic mass is 9.92. The van der Waals surface area contributed by atoms with E-state index in [9.17, 15) is 19.7 Å². The molecule has 0 unspecified atom stereocenters. The molecule has 37 heavy (non-hydrogen) atoms. The molecular weight excluding hydrogens is 488 g/mol. The van der Waals surface area contributed by atoms with Gasteiger partial charge in [0.2, 0.25) is 5.91 Å². The maximum Gasteiger partial charge on any atom is 0.270 e. The number of fused-ring (bicyclic) bond motifs is 1. The predicted molar refractivity (Wildman–Crippen MR) is 143 cm³/mol. The lowest BCUT2D eigenvalue weighted by Crippen LogP contribution is -2.57. The number of non-ortho nitro benzene ring substituents is 1. The number of rotatable bonds is 5. The van der Waals surface area contributed by atoms with Gasteiger partial charge in [-0.05, 0) is 48.9 Å². The molecule has 3 aromatic rings. The van der Waals surface area contributed by atoms with Gasteiger partial charge >= 0.3 is 0 Å². The standard InChI is InChI=1S/C28H30N4O4S/c1-19-6-8-21(9-7-19)27-24-11-15-37-25(24)10-12-30(27)18-26(33)29-13-14-31(20(2)17-29)28(34)22-4-3-5-23(16-22)32(35)36/h3-9,11,15-16,20,27H,10,12-14,17-18H2,1-2H3/t20-,27-/m1/s1. The summed E-state index contributed by atoms with van der Waals surface area (Å²) in [6.07, 6.45) is 0.935. The number of benzene rings is 2. The van der Waals surface area contributed by atoms with Crippen molar-refractivity contribution in [3.8, 4) is 0 Å². The predicted octanol–water partition coefficient (Wildman–Crippen LogP) is 4.29. The summed E-state index contributed by atoms with van der Waals surface area (Å²) in [6.45, 7) is 6.40. The zero-order valence-electron chi connectivity index (χ0n) is 21.0. The SMILES string of the molecule is Cc1ccc([C@@H]2c3ccsc3CCN2CC(=O)N2CCN(C(=O)c3cccc([N+](=O)[O-])c3)[C@H](C)C2)cc1. The van der Waals surface area contributed by atoms with Crippen LogP contribution in [0.3, 0.4) is 0 Å². The van der Waals surface area contributed by atoms with Crippen LogP contribution in [-0.2, 0) is 11.2 Å². The van der Waals surface area contributed by atoms with Gasteiger partial charge in [0, 0.05) is 54.8 Å². The molecule has 9 heteroatoms. The van der Waals surface area contributed by atoms with E-state index in [4.69, 9.17) is 0 Å². The summed E-state index contributed by atoms with van der Waals surface area (Å²) in [5.41, 5.74) is 3.87. The minimum atomic E-state index is -0.500. The lowest BCUT2D eigenvalue weighted by Gasteiger charge is -2.42. The highest BCUT2D eigenvalue weighted by Crippen LogP contribution is 2.37. The maximum atomic E-state index is 13.5. The van der Waals surface area contributed by atoms with E-state index in [0.717, 1.165) is 13.0 Å². The molecule has 2 aromatic carbocycles. The summed E-state index contributed by atoms with van der Waals surface area (Å²) in [5.74, 6) is -0.186. The molecule has 0 aliphatic carbocycles. The third-order valence-electron chi connectivity index (χ3n) is 7.34. The third kappa shape index (κ3) is 5.14. The fourth-order valence-electron chi connectivity index (χ4n) is 5.36. The fourth-order valence-corrected chi connectivity index (χ4v) is 6.26. The zero-order chi connectivity index (χ0) is 26.1. The molecule has 0 saturated carbocycles. The molecule has 1 saturated heterocycles. The summed E-state index contributed by atoms with van der Waals surface area (Å²) >= 11 is 1.78. The number of thiophene rings is 1. The third-order valence-corrected chi connectivity index (χ3v) is 8.34. The van der Waals surface area contributed by atoms with Crippen LogP contribution in [0.5, 0.6) is 0 Å². The normalized spacial score (nSPS) is 19.9. The van der Waals surface area contributed by atoms with E-state index >= 15 is 0 Å². The van der Waals surface area contributed by atoms with Crippen LogP contribution < -0.4 is 0 Å². The van der Waals surface area contributed by atoms with E-state index in [1.54, 1.807) is 22.3 Å². The van der Waals surface area contributed by atoms with Crippen LogP contribution in [0.2, 0.25) is 0 Å². The molecule has 0 bridgehead atoms. The molecule has 0 radical (unpaired) electrons. The maximum absolute atomic E-state index is 13.5. The molecule has 5 rings (SSSR count). The van der Waals surface area contributed by atoms with Crippen LogP contribution in [0.4, 0.5) is 5.69 Å². The molecule has 192 valence electrons. The number of hydrogen-bond acceptors (Lipinski definition) is 6. The van der Waals surface area contributed by atoms with Crippen LogP contribution in [-0.4, -0.2) is 70.2 Å². The molecule has 2 amide bonds. The Morgan fingerprint density at radius 3 is 2.59 bits per heavy atom. The second kappa shape index (κ2) is 10.4. The summed E-state index contributed by atoms with van der Waals surface area (Å²) in [7, 11) is 0. The molecule has 3 heterocycles. The molecule has 8 nitrogen and oxygen atoms in total. The molecule has 2 aliphatic heterocycles. The number of hydrogen-bond donors (Lipinski definition) is 0. The monoisotopic (exact) mass is 518 g/mol. The fraction of sp³-hybridized carbons (Fsp3) is 0.357. The molecule has 1 aromatic heterocycles. The summed E-state index contributed by atoms with van der Waals surface area (Å²) in [5, 5.41) is 13.2. The van der Waals surface area contributed by atoms with Crippen LogP contribution >= 0.6 is 11.3 Å². The van der Waals surface area contributed by atoms with Gasteiger partial charge in [0.1, 0.15) is 0 Å². The first-order chi connectivity index (χ1) is 17.8. The van der Waals surface area contributed by atoms with Crippen molar-refractivity contribution < 1.29 is 14.5 Å². The Hall–Kier alpha value is -3.56. The van der Waals surface area contributed by atoms with Crippen molar-refractivity contribution in [1.82, 2.24) is 14.7 Å². The van der Waals surface area contributed by atoms with Gasteiger partial charge in [-0.25, -0.2) is 0 Å². The zero-order valence-corrected chi connectivity index (χ0v) is 21.8. The number of nitro benzene ring substituents is 1. The van der Waals surface area contributed by atoms with Crippen LogP contribution in [0.25, 0.3) is 0 Å². The molecule has 1 fully saturated rings. The topological polar surface area (TPSA) is 87.0 Å². The van der Waals surface area contributed by atoms with Crippen LogP contribution in [0.1, 0.15) is 44.9 Å². The molecular formula is C28H30N4O4S. The highest BCUT2D eigenvalue weighted by Gasteiger charge is 2.35. The van der Waals surface area contributed by atoms with Gasteiger partial charge < -0.3 is 9.80 Å². The number of aryl methyl sites for hydroxylation is 1. The smallest absolute Gasteiger partial charge is 0.270 e. The number of nitrogens with zero attached hydrogens (tertiary/aromatic N) is 4. The molecule has 0 N–H and O–H groups in total. The highest BCUT2D eigenvalue weighted by atomic mass is 32.1. The number of nitro groups is 1. The number of amides is 2. The Kier molecular flexibility index (Phi) is 7.08. The van der Waals surface area contributed by atoms with Crippen molar-refractivity contribution in [1.29, 1.82) is 0 Å². The first kappa shape index (κ1) is 25.1. The number of carbonyl (C=O) groups is 2. The first-order valence-electron chi connectivity index (χ1n) is 12.5. The van der Waals surface area contributed by atoms with Crippen molar-refractivity contribution in [2.45, 2.75) is 32.4 Å². The largest absolute Gasteiger partial charge is 0.338 e. The van der Waals surface area contributed by atoms with Crippen molar-refractivity contribution in [3.63, 3.8) is 0 Å². The van der Waals surface area contributed by atoms with Gasteiger partial charge in [0.05, 0.1) is 17.5 Å². The van der Waals surface area contributed by atoms with E-state index in [2.05, 4.69) is 47.5 Å². The Morgan fingerprint density at radius 1 is 1.08 bits per heavy atom. The number of carbonyl (C=O) groups excluding carboxylic acids is 2. The van der Waals surface area contributed by atoms with Crippen molar-refractivity contribution in [3.05, 3.63) is 97.2 Å². The van der Waals surface area contributed by atoms with E-state index < -0.39 is 4.92 Å². The summed E-state index contributed by atoms with van der Waals surface area (Å²) in [4.78, 5) is 44.4. The Balaban J connectivity index is 1.27. The Bertz CT molecular complexity index is 1320. The minimum Gasteiger partial charge on any atom is -0.338 e. The second-order valence-corrected chi connectivity index (χ2v) is 10.8. The van der Waals surface area contributed by atoms with E-state index in [0.29, 0.717) is 31.7 Å². The van der Waals surface area contributed by atoms with Gasteiger partial charge in [0.15, 0.2) is 0 Å². The van der Waals surface area contributed by atoms with Gasteiger partial charge in [-0.3, -0.25) is 24.6 Å². The van der Waals surface area contributed by atoms with Crippen LogP contribution in [0, 0.1) is 17.0 Å². The van der Waals surface area contributed by atoms with Crippen molar-refractivity contribution in [2.75, 3.05) is 32.7 Å². The highest BCUT2D eigenvalue weighted by molar-refractivity contribution is 7.10. The molecule has 2 aliphatic rings. The van der Waals surface area contributed by atoms with E-state index in [1.165, 1.54) is 39.8 Å². The lowest BCUT2D eigenvalue weighted by molar-refractivity contribution is -0.384. The number of piperazine rings is 1. The van der Waals surface area contributed by atoms with Gasteiger partial charge in [0.25, 0.3) is 11.6 Å². The van der Waals surface area contributed by atoms with Gasteiger partial charge in [-0.1, -0.05) is 35.9 Å². The van der Waals surface area contributed by atoms with Gasteiger partial charge in [-0.2, -0.15) is 0 Å². The Morgan fingerprint density at radius 2 is 1.86 bits per heavy atom. The van der Waals surface area contributed by atoms with E-state index in [-0.39, 0.29) is 29.6 Å². The molecule has 0 spiro atoms. The molecule has 2 atom stereocenters. The Labute approximate surface area is 220 Å². The summed E-state index contributed by atoms with van der Waals surface area (Å²) < 4.78 is 0. The minimum absolute atomic E-state index is 0.0497. The second-order valence-electron chi connectivity index (χ2n) is 9.83. The van der Waals surface area contributed by atoms with Crippen LogP contribution in [0.15, 0.2) is 60.0 Å². The van der Waals surface area contributed by atoms with E-state index in [1.807, 2.05) is 11.8 Å². The summed E-state index contributed by atoms with van der Waals surface area (Å²) in [6, 6.07) is 16.4. The quantitative estimate of drug-likeness (QED) is 0.372. The van der Waals surface area contributed by atoms with Gasteiger partial charge in [-0.15, -0.1) is 11.3 Å². The first-order valence-corrected chi connectivity index (χ1v) is 13.4. The van der Waals surface area contributed by atoms with Crippen molar-refractivity contribution >= 4 is 28.8 Å².